The normalized spacial score (nSPS) is 22.9. The number of amides is 1. The first-order valence-corrected chi connectivity index (χ1v) is 7.14. The maximum atomic E-state index is 12.9. The highest BCUT2D eigenvalue weighted by atomic mass is 35.5. The Morgan fingerprint density at radius 3 is 2.67 bits per heavy atom. The Kier molecular flexibility index (Phi) is 2.37. The van der Waals surface area contributed by atoms with Gasteiger partial charge in [0.25, 0.3) is 0 Å². The Balaban J connectivity index is 2.09. The van der Waals surface area contributed by atoms with Gasteiger partial charge in [-0.15, -0.1) is 0 Å². The van der Waals surface area contributed by atoms with Gasteiger partial charge >= 0.3 is 0 Å². The van der Waals surface area contributed by atoms with Crippen molar-refractivity contribution in [2.45, 2.75) is 11.8 Å². The highest BCUT2D eigenvalue weighted by Gasteiger charge is 2.56. The van der Waals surface area contributed by atoms with Crippen molar-refractivity contribution >= 4 is 29.0 Å². The Labute approximate surface area is 127 Å². The van der Waals surface area contributed by atoms with Gasteiger partial charge in [0, 0.05) is 29.7 Å². The molecule has 21 heavy (non-hydrogen) atoms. The van der Waals surface area contributed by atoms with Crippen LogP contribution in [0.3, 0.4) is 0 Å². The van der Waals surface area contributed by atoms with Crippen LogP contribution < -0.4 is 4.90 Å². The first-order valence-electron chi connectivity index (χ1n) is 6.76. The van der Waals surface area contributed by atoms with Gasteiger partial charge < -0.3 is 4.90 Å². The summed E-state index contributed by atoms with van der Waals surface area (Å²) in [6.07, 6.45) is 0.183. The van der Waals surface area contributed by atoms with E-state index >= 15 is 0 Å². The van der Waals surface area contributed by atoms with E-state index in [0.29, 0.717) is 10.6 Å². The third-order valence-corrected chi connectivity index (χ3v) is 4.80. The second-order valence-electron chi connectivity index (χ2n) is 5.58. The van der Waals surface area contributed by atoms with Crippen LogP contribution in [0.1, 0.15) is 27.9 Å². The van der Waals surface area contributed by atoms with Crippen molar-refractivity contribution in [1.29, 1.82) is 0 Å². The molecule has 2 aromatic carbocycles. The van der Waals surface area contributed by atoms with Crippen LogP contribution in [0.25, 0.3) is 0 Å². The summed E-state index contributed by atoms with van der Waals surface area (Å²) >= 11 is 6.13. The molecule has 104 valence electrons. The van der Waals surface area contributed by atoms with E-state index < -0.39 is 5.41 Å². The van der Waals surface area contributed by atoms with Crippen LogP contribution in [0.4, 0.5) is 5.69 Å². The van der Waals surface area contributed by atoms with E-state index in [-0.39, 0.29) is 18.1 Å². The minimum Gasteiger partial charge on any atom is -0.314 e. The average Bonchev–Trinajstić information content (AvgIpc) is 2.90. The number of rotatable bonds is 0. The number of Topliss-reactive ketones (excluding diaryl/α,β-unsaturated/α-hetero) is 1. The molecule has 0 N–H and O–H groups in total. The number of carbonyl (C=O) groups is 2. The zero-order valence-electron chi connectivity index (χ0n) is 11.4. The standard InChI is InChI=1S/C17H12ClNO2/c1-19-14-7-6-10(18)8-13(14)17(16(19)21)9-15(20)11-4-2-3-5-12(11)17/h2-8H,9H2,1H3. The number of benzene rings is 2. The fraction of sp³-hybridized carbons (Fsp3) is 0.176. The lowest BCUT2D eigenvalue weighted by molar-refractivity contribution is -0.121. The Morgan fingerprint density at radius 2 is 1.86 bits per heavy atom. The lowest BCUT2D eigenvalue weighted by Gasteiger charge is -2.23. The molecule has 1 spiro atoms. The van der Waals surface area contributed by atoms with Crippen LogP contribution in [-0.4, -0.2) is 18.7 Å². The van der Waals surface area contributed by atoms with Crippen molar-refractivity contribution in [3.63, 3.8) is 0 Å². The molecule has 1 unspecified atom stereocenters. The smallest absolute Gasteiger partial charge is 0.242 e. The van der Waals surface area contributed by atoms with E-state index in [4.69, 9.17) is 11.6 Å². The fourth-order valence-electron chi connectivity index (χ4n) is 3.61. The first kappa shape index (κ1) is 12.6. The molecule has 4 heteroatoms. The van der Waals surface area contributed by atoms with Gasteiger partial charge in [0.1, 0.15) is 5.41 Å². The van der Waals surface area contributed by atoms with Crippen LogP contribution in [0.15, 0.2) is 42.5 Å². The minimum absolute atomic E-state index is 0.0141. The molecular formula is C17H12ClNO2. The number of halogens is 1. The second-order valence-corrected chi connectivity index (χ2v) is 6.01. The summed E-state index contributed by atoms with van der Waals surface area (Å²) in [5, 5.41) is 0.577. The molecule has 0 saturated heterocycles. The van der Waals surface area contributed by atoms with Gasteiger partial charge in [0.15, 0.2) is 5.78 Å². The summed E-state index contributed by atoms with van der Waals surface area (Å²) in [5.74, 6) is -0.0433. The van der Waals surface area contributed by atoms with E-state index in [1.807, 2.05) is 30.3 Å². The molecule has 1 atom stereocenters. The number of carbonyl (C=O) groups excluding carboxylic acids is 2. The third kappa shape index (κ3) is 1.39. The maximum Gasteiger partial charge on any atom is 0.242 e. The number of hydrogen-bond acceptors (Lipinski definition) is 2. The molecule has 0 aromatic heterocycles. The molecule has 1 aliphatic carbocycles. The van der Waals surface area contributed by atoms with Crippen LogP contribution in [-0.2, 0) is 10.2 Å². The molecular weight excluding hydrogens is 286 g/mol. The van der Waals surface area contributed by atoms with Crippen LogP contribution in [0.2, 0.25) is 5.02 Å². The summed E-state index contributed by atoms with van der Waals surface area (Å²) in [6, 6.07) is 12.8. The van der Waals surface area contributed by atoms with Crippen molar-refractivity contribution in [3.8, 4) is 0 Å². The van der Waals surface area contributed by atoms with E-state index in [0.717, 1.165) is 16.8 Å². The molecule has 1 amide bonds. The molecule has 0 radical (unpaired) electrons. The number of ketones is 1. The van der Waals surface area contributed by atoms with Gasteiger partial charge in [-0.05, 0) is 29.3 Å². The quantitative estimate of drug-likeness (QED) is 0.749. The summed E-state index contributed by atoms with van der Waals surface area (Å²) in [6.45, 7) is 0. The Hall–Kier alpha value is -2.13. The zero-order chi connectivity index (χ0) is 14.8. The molecule has 1 heterocycles. The second kappa shape index (κ2) is 3.95. The van der Waals surface area contributed by atoms with Crippen molar-refractivity contribution in [2.24, 2.45) is 0 Å². The van der Waals surface area contributed by atoms with Crippen molar-refractivity contribution in [1.82, 2.24) is 0 Å². The summed E-state index contributed by atoms with van der Waals surface area (Å²) in [4.78, 5) is 26.9. The number of fused-ring (bicyclic) bond motifs is 4. The predicted octanol–water partition coefficient (Wildman–Crippen LogP) is 3.19. The monoisotopic (exact) mass is 297 g/mol. The zero-order valence-corrected chi connectivity index (χ0v) is 12.1. The largest absolute Gasteiger partial charge is 0.314 e. The van der Waals surface area contributed by atoms with Crippen LogP contribution in [0.5, 0.6) is 0 Å². The van der Waals surface area contributed by atoms with E-state index in [1.54, 1.807) is 24.1 Å². The molecule has 2 aromatic rings. The van der Waals surface area contributed by atoms with E-state index in [2.05, 4.69) is 0 Å². The molecule has 2 aliphatic rings. The van der Waals surface area contributed by atoms with Crippen LogP contribution in [0, 0.1) is 0 Å². The molecule has 4 rings (SSSR count). The molecule has 1 aliphatic heterocycles. The van der Waals surface area contributed by atoms with Gasteiger partial charge in [0.2, 0.25) is 5.91 Å². The fourth-order valence-corrected chi connectivity index (χ4v) is 3.79. The lowest BCUT2D eigenvalue weighted by atomic mass is 9.76. The van der Waals surface area contributed by atoms with Gasteiger partial charge in [-0.25, -0.2) is 0 Å². The first-order chi connectivity index (χ1) is 10.1. The lowest BCUT2D eigenvalue weighted by Crippen LogP contribution is -2.38. The van der Waals surface area contributed by atoms with E-state index in [1.165, 1.54) is 0 Å². The van der Waals surface area contributed by atoms with Gasteiger partial charge in [-0.2, -0.15) is 0 Å². The molecule has 0 bridgehead atoms. The Bertz CT molecular complexity index is 814. The summed E-state index contributed by atoms with van der Waals surface area (Å²) in [5.41, 5.74) is 2.21. The van der Waals surface area contributed by atoms with Crippen LogP contribution >= 0.6 is 11.6 Å². The van der Waals surface area contributed by atoms with Crippen molar-refractivity contribution in [3.05, 3.63) is 64.2 Å². The molecule has 0 fully saturated rings. The van der Waals surface area contributed by atoms with Crippen molar-refractivity contribution < 1.29 is 9.59 Å². The number of nitrogens with zero attached hydrogens (tertiary/aromatic N) is 1. The average molecular weight is 298 g/mol. The number of hydrogen-bond donors (Lipinski definition) is 0. The molecule has 3 nitrogen and oxygen atoms in total. The SMILES string of the molecule is CN1C(=O)C2(CC(=O)c3ccccc32)c2cc(Cl)ccc21. The van der Waals surface area contributed by atoms with Crippen molar-refractivity contribution in [2.75, 3.05) is 11.9 Å². The summed E-state index contributed by atoms with van der Waals surface area (Å²) < 4.78 is 0. The third-order valence-electron chi connectivity index (χ3n) is 4.56. The van der Waals surface area contributed by atoms with Gasteiger partial charge in [-0.1, -0.05) is 35.9 Å². The number of anilines is 1. The van der Waals surface area contributed by atoms with Gasteiger partial charge in [-0.3, -0.25) is 9.59 Å². The highest BCUT2D eigenvalue weighted by molar-refractivity contribution is 6.31. The van der Waals surface area contributed by atoms with Gasteiger partial charge in [0.05, 0.1) is 0 Å². The predicted molar refractivity (Wildman–Crippen MR) is 81.0 cm³/mol. The highest BCUT2D eigenvalue weighted by Crippen LogP contribution is 2.53. The summed E-state index contributed by atoms with van der Waals surface area (Å²) in [7, 11) is 1.75. The Morgan fingerprint density at radius 1 is 1.10 bits per heavy atom. The maximum absolute atomic E-state index is 12.9. The topological polar surface area (TPSA) is 37.4 Å². The van der Waals surface area contributed by atoms with E-state index in [9.17, 15) is 9.59 Å². The molecule has 0 saturated carbocycles. The minimum atomic E-state index is -0.900. The number of likely N-dealkylation sites (N-methyl/N-ethyl adjacent to an activating group) is 1.